The van der Waals surface area contributed by atoms with E-state index in [9.17, 15) is 19.5 Å². The van der Waals surface area contributed by atoms with Gasteiger partial charge in [-0.1, -0.05) is 24.0 Å². The zero-order valence-corrected chi connectivity index (χ0v) is 32.1. The van der Waals surface area contributed by atoms with Crippen LogP contribution in [0.25, 0.3) is 22.1 Å². The first kappa shape index (κ1) is 40.5. The van der Waals surface area contributed by atoms with Gasteiger partial charge in [-0.15, -0.1) is 34.0 Å². The number of likely N-dealkylation sites (tertiary alicyclic amines) is 1. The van der Waals surface area contributed by atoms with Crippen LogP contribution in [-0.4, -0.2) is 79.5 Å². The summed E-state index contributed by atoms with van der Waals surface area (Å²) in [6, 6.07) is 5.95. The number of carboxylic acid groups (broad SMARTS) is 1. The molecular weight excluding hydrogens is 792 g/mol. The molecule has 0 radical (unpaired) electrons. The van der Waals surface area contributed by atoms with Gasteiger partial charge in [0.05, 0.1) is 23.7 Å². The normalized spacial score (nSPS) is 14.4. The highest BCUT2D eigenvalue weighted by molar-refractivity contribution is 8.93. The zero-order chi connectivity index (χ0) is 35.5. The summed E-state index contributed by atoms with van der Waals surface area (Å²) < 4.78 is 20.4. The van der Waals surface area contributed by atoms with Crippen molar-refractivity contribution in [1.82, 2.24) is 24.0 Å². The Bertz CT molecular complexity index is 2020. The molecule has 7 N–H and O–H groups in total. The summed E-state index contributed by atoms with van der Waals surface area (Å²) in [4.78, 5) is 46.6. The first-order valence-electron chi connectivity index (χ1n) is 15.7. The average molecular weight is 835 g/mol. The average Bonchev–Trinajstić information content (AvgIpc) is 3.54. The molecule has 5 rings (SSSR count). The van der Waals surface area contributed by atoms with Gasteiger partial charge in [-0.3, -0.25) is 4.79 Å². The minimum Gasteiger partial charge on any atom is -0.494 e. The number of nitrogens with two attached hydrogens (primary N) is 3. The number of hydrogen-bond donors (Lipinski definition) is 4. The third kappa shape index (κ3) is 9.44. The molecule has 2 aromatic heterocycles. The summed E-state index contributed by atoms with van der Waals surface area (Å²) >= 11 is 0. The van der Waals surface area contributed by atoms with E-state index in [-0.39, 0.29) is 82.1 Å². The number of aromatic nitrogens is 4. The number of nitrogen functional groups attached to an aromatic ring is 2. The third-order valence-electron chi connectivity index (χ3n) is 7.85. The van der Waals surface area contributed by atoms with Crippen LogP contribution in [0.5, 0.6) is 11.5 Å². The number of nitrogens with zero attached hydrogens (tertiary/aromatic N) is 5. The maximum Gasteiger partial charge on any atom is 0.410 e. The van der Waals surface area contributed by atoms with E-state index in [2.05, 4.69) is 21.8 Å². The molecule has 1 saturated heterocycles. The maximum absolute atomic E-state index is 12.5. The summed E-state index contributed by atoms with van der Waals surface area (Å²) in [6.45, 7) is 7.19. The van der Waals surface area contributed by atoms with E-state index in [0.29, 0.717) is 53.2 Å². The molecule has 2 aromatic carbocycles. The number of carboxylic acids is 1. The van der Waals surface area contributed by atoms with Crippen LogP contribution in [-0.2, 0) is 17.8 Å². The van der Waals surface area contributed by atoms with Crippen LogP contribution >= 0.6 is 34.0 Å². The maximum atomic E-state index is 12.5. The van der Waals surface area contributed by atoms with Crippen molar-refractivity contribution in [3.8, 4) is 23.3 Å². The van der Waals surface area contributed by atoms with Crippen molar-refractivity contribution in [2.24, 2.45) is 11.7 Å². The molecule has 1 unspecified atom stereocenters. The Hall–Kier alpha value is -4.95. The highest BCUT2D eigenvalue weighted by atomic mass is 79.9. The second-order valence-electron chi connectivity index (χ2n) is 12.6. The highest BCUT2D eigenvalue weighted by Gasteiger charge is 2.27. The Morgan fingerprint density at radius 1 is 0.961 bits per heavy atom. The number of amides is 2. The van der Waals surface area contributed by atoms with Gasteiger partial charge in [0.2, 0.25) is 17.8 Å². The van der Waals surface area contributed by atoms with E-state index >= 15 is 0 Å². The highest BCUT2D eigenvalue weighted by Crippen LogP contribution is 2.31. The molecule has 51 heavy (non-hydrogen) atoms. The van der Waals surface area contributed by atoms with Crippen molar-refractivity contribution in [2.75, 3.05) is 38.3 Å². The monoisotopic (exact) mass is 832 g/mol. The molecule has 3 heterocycles. The summed E-state index contributed by atoms with van der Waals surface area (Å²) in [5.41, 5.74) is 19.7. The van der Waals surface area contributed by atoms with Gasteiger partial charge in [-0.2, -0.15) is 0 Å². The minimum atomic E-state index is -1.10. The number of carbonyl (C=O) groups is 3. The molecule has 1 atom stereocenters. The summed E-state index contributed by atoms with van der Waals surface area (Å²) in [6.07, 6.45) is 5.01. The summed E-state index contributed by atoms with van der Waals surface area (Å²) in [5, 5.41) is 9.43. The van der Waals surface area contributed by atoms with Gasteiger partial charge >= 0.3 is 12.1 Å². The fourth-order valence-electron chi connectivity index (χ4n) is 5.64. The molecule has 2 amide bonds. The van der Waals surface area contributed by atoms with Crippen molar-refractivity contribution in [3.05, 3.63) is 47.5 Å². The molecule has 0 bridgehead atoms. The molecule has 1 fully saturated rings. The lowest BCUT2D eigenvalue weighted by Gasteiger charge is -2.32. The lowest BCUT2D eigenvalue weighted by molar-refractivity contribution is 0.0190. The smallest absolute Gasteiger partial charge is 0.410 e. The Balaban J connectivity index is 0.00000351. The van der Waals surface area contributed by atoms with Gasteiger partial charge in [-0.25, -0.2) is 19.6 Å². The molecule has 1 aliphatic rings. The summed E-state index contributed by atoms with van der Waals surface area (Å²) in [5.74, 6) is 5.52. The van der Waals surface area contributed by atoms with Gasteiger partial charge in [0.25, 0.3) is 0 Å². The van der Waals surface area contributed by atoms with Crippen LogP contribution in [0.3, 0.4) is 0 Å². The second kappa shape index (κ2) is 16.8. The number of rotatable bonds is 9. The third-order valence-corrected chi connectivity index (χ3v) is 7.85. The zero-order valence-electron chi connectivity index (χ0n) is 28.7. The molecule has 1 aliphatic heterocycles. The van der Waals surface area contributed by atoms with Crippen LogP contribution < -0.4 is 26.7 Å². The van der Waals surface area contributed by atoms with Crippen LogP contribution in [0, 0.1) is 17.8 Å². The molecule has 0 aliphatic carbocycles. The van der Waals surface area contributed by atoms with Gasteiger partial charge in [0, 0.05) is 37.7 Å². The van der Waals surface area contributed by atoms with Gasteiger partial charge in [0.15, 0.2) is 0 Å². The fourth-order valence-corrected chi connectivity index (χ4v) is 5.64. The van der Waals surface area contributed by atoms with E-state index in [0.717, 1.165) is 12.8 Å². The predicted octanol–water partition coefficient (Wildman–Crippen LogP) is 4.80. The van der Waals surface area contributed by atoms with Gasteiger partial charge in [0.1, 0.15) is 34.7 Å². The first-order valence-corrected chi connectivity index (χ1v) is 15.7. The lowest BCUT2D eigenvalue weighted by atomic mass is 9.99. The molecule has 15 nitrogen and oxygen atoms in total. The predicted molar refractivity (Wildman–Crippen MR) is 204 cm³/mol. The molecule has 17 heteroatoms. The van der Waals surface area contributed by atoms with E-state index < -0.39 is 17.5 Å². The van der Waals surface area contributed by atoms with E-state index in [4.69, 9.17) is 31.4 Å². The molecule has 0 spiro atoms. The van der Waals surface area contributed by atoms with Crippen LogP contribution in [0.15, 0.2) is 36.4 Å². The van der Waals surface area contributed by atoms with Crippen molar-refractivity contribution >= 4 is 85.9 Å². The van der Waals surface area contributed by atoms with Gasteiger partial charge in [-0.05, 0) is 57.9 Å². The SMILES string of the molecule is Br.Br.COc1cc(C(=O)O)cc2nc(N)n(C/C=C/Cn3c(N)nc4cc(C(N)=O)cc(OCC#CC5CCCN(C(=O)OC(C)(C)C)C5)c43)c12. The van der Waals surface area contributed by atoms with Crippen LogP contribution in [0.1, 0.15) is 54.3 Å². The number of imidazole rings is 2. The second-order valence-corrected chi connectivity index (χ2v) is 12.6. The number of fused-ring (bicyclic) bond motifs is 2. The quantitative estimate of drug-likeness (QED) is 0.133. The number of allylic oxidation sites excluding steroid dienone is 2. The molecule has 0 saturated carbocycles. The molecular formula is C34H42Br2N8O7. The van der Waals surface area contributed by atoms with E-state index in [1.54, 1.807) is 20.1 Å². The number of aromatic carboxylic acids is 1. The number of ether oxygens (including phenoxy) is 3. The summed E-state index contributed by atoms with van der Waals surface area (Å²) in [7, 11) is 1.45. The Morgan fingerprint density at radius 2 is 1.53 bits per heavy atom. The van der Waals surface area contributed by atoms with E-state index in [1.165, 1.54) is 25.3 Å². The Kier molecular flexibility index (Phi) is 13.4. The first-order chi connectivity index (χ1) is 23.3. The number of anilines is 2. The molecule has 274 valence electrons. The largest absolute Gasteiger partial charge is 0.494 e. The van der Waals surface area contributed by atoms with Crippen molar-refractivity contribution in [3.63, 3.8) is 0 Å². The number of benzene rings is 2. The number of halogens is 2. The van der Waals surface area contributed by atoms with Gasteiger partial charge < -0.3 is 50.6 Å². The lowest BCUT2D eigenvalue weighted by Crippen LogP contribution is -2.42. The number of primary amides is 1. The standard InChI is InChI=1S/C34H40N8O7.2BrH/c1-34(2,3)49-33(46)40-11-7-9-20(19-40)10-8-14-48-26-17-21(29(35)43)15-23-28(26)42(32(37)38-23)13-6-5-12-41-27-24(39-31(41)36)16-22(30(44)45)18-25(27)47-4;;/h5-6,15-18,20H,7,9,11-14,19H2,1-4H3,(H2,35,43)(H2,36,39)(H2,37,38)(H,44,45);2*1H/b6-5+;;. The number of hydrogen-bond acceptors (Lipinski definition) is 10. The Labute approximate surface area is 315 Å². The number of carbonyl (C=O) groups excluding carboxylic acids is 2. The molecule has 4 aromatic rings. The number of piperidine rings is 1. The van der Waals surface area contributed by atoms with Crippen molar-refractivity contribution < 1.29 is 33.7 Å². The van der Waals surface area contributed by atoms with E-state index in [1.807, 2.05) is 32.9 Å². The Morgan fingerprint density at radius 3 is 2.08 bits per heavy atom. The van der Waals surface area contributed by atoms with Crippen molar-refractivity contribution in [2.45, 2.75) is 52.3 Å². The van der Waals surface area contributed by atoms with Crippen molar-refractivity contribution in [1.29, 1.82) is 0 Å². The topological polar surface area (TPSA) is 216 Å². The minimum absolute atomic E-state index is 0. The van der Waals surface area contributed by atoms with Crippen LogP contribution in [0.4, 0.5) is 16.7 Å². The van der Waals surface area contributed by atoms with Crippen LogP contribution in [0.2, 0.25) is 0 Å². The fraction of sp³-hybridized carbons (Fsp3) is 0.382. The number of methoxy groups -OCH3 is 1.